The fourth-order valence-electron chi connectivity index (χ4n) is 4.58. The number of hydrogen-bond acceptors (Lipinski definition) is 4. The molecule has 0 amide bonds. The van der Waals surface area contributed by atoms with Crippen molar-refractivity contribution in [2.75, 3.05) is 26.3 Å². The predicted molar refractivity (Wildman–Crippen MR) is 138 cm³/mol. The van der Waals surface area contributed by atoms with Crippen molar-refractivity contribution in [3.63, 3.8) is 0 Å². The SMILES string of the molecule is O=c1ccc2c(C3(CNCCCCCCOCC(F)(F)c4ccccc4)CC3)ccc(OP)c2[nH]1. The van der Waals surface area contributed by atoms with Gasteiger partial charge in [0.2, 0.25) is 5.56 Å². The van der Waals surface area contributed by atoms with Gasteiger partial charge in [-0.3, -0.25) is 4.79 Å². The highest BCUT2D eigenvalue weighted by Crippen LogP contribution is 2.50. The molecule has 1 saturated carbocycles. The number of H-pyrrole nitrogens is 1. The zero-order chi connectivity index (χ0) is 24.7. The molecule has 3 aromatic rings. The van der Waals surface area contributed by atoms with Crippen molar-refractivity contribution in [3.8, 4) is 5.75 Å². The Morgan fingerprint density at radius 2 is 1.77 bits per heavy atom. The van der Waals surface area contributed by atoms with Crippen molar-refractivity contribution in [1.82, 2.24) is 10.3 Å². The van der Waals surface area contributed by atoms with Gasteiger partial charge in [-0.05, 0) is 49.9 Å². The molecule has 0 saturated heterocycles. The molecule has 2 N–H and O–H groups in total. The number of hydrogen-bond donors (Lipinski definition) is 2. The minimum absolute atomic E-state index is 0.00515. The first kappa shape index (κ1) is 25.7. The molecule has 0 aliphatic heterocycles. The number of rotatable bonds is 14. The number of unbranched alkanes of at least 4 members (excludes halogenated alkanes) is 3. The van der Waals surface area contributed by atoms with Gasteiger partial charge in [0.05, 0.1) is 15.0 Å². The smallest absolute Gasteiger partial charge is 0.296 e. The van der Waals surface area contributed by atoms with Crippen molar-refractivity contribution >= 4 is 20.4 Å². The van der Waals surface area contributed by atoms with Crippen LogP contribution in [-0.2, 0) is 16.1 Å². The van der Waals surface area contributed by atoms with E-state index in [1.807, 2.05) is 12.1 Å². The molecule has 0 spiro atoms. The number of aromatic nitrogens is 1. The van der Waals surface area contributed by atoms with Gasteiger partial charge in [0.25, 0.3) is 5.92 Å². The quantitative estimate of drug-likeness (QED) is 0.220. The summed E-state index contributed by atoms with van der Waals surface area (Å²) in [5.74, 6) is -2.31. The number of benzene rings is 2. The standard InChI is InChI=1S/C27H33F2N2O3P/c28-27(29,20-8-4-3-5-9-20)19-33-17-7-2-1-6-16-30-18-26(14-15-26)22-11-12-23(34-35)25-21(22)10-13-24(32)31-25/h3-5,8-13,30H,1-2,6-7,14-19,35H2,(H,31,32). The molecule has 0 bridgehead atoms. The zero-order valence-corrected chi connectivity index (χ0v) is 21.0. The summed E-state index contributed by atoms with van der Waals surface area (Å²) in [4.78, 5) is 14.7. The number of fused-ring (bicyclic) bond motifs is 1. The van der Waals surface area contributed by atoms with Gasteiger partial charge in [-0.25, -0.2) is 0 Å². The van der Waals surface area contributed by atoms with Crippen molar-refractivity contribution < 1.29 is 18.0 Å². The third kappa shape index (κ3) is 6.46. The lowest BCUT2D eigenvalue weighted by molar-refractivity contribution is -0.0831. The maximum absolute atomic E-state index is 14.1. The van der Waals surface area contributed by atoms with Crippen LogP contribution in [0.4, 0.5) is 8.78 Å². The van der Waals surface area contributed by atoms with Crippen LogP contribution in [0.3, 0.4) is 0 Å². The molecule has 1 aromatic heterocycles. The first-order chi connectivity index (χ1) is 17.0. The Bertz CT molecular complexity index is 1170. The van der Waals surface area contributed by atoms with Crippen LogP contribution >= 0.6 is 9.47 Å². The highest BCUT2D eigenvalue weighted by molar-refractivity contribution is 7.10. The molecule has 188 valence electrons. The molecule has 2 aromatic carbocycles. The van der Waals surface area contributed by atoms with Crippen LogP contribution in [0, 0.1) is 0 Å². The van der Waals surface area contributed by atoms with Gasteiger partial charge in [-0.1, -0.05) is 49.2 Å². The van der Waals surface area contributed by atoms with Gasteiger partial charge in [0, 0.05) is 35.6 Å². The highest BCUT2D eigenvalue weighted by atomic mass is 31.0. The molecule has 1 aliphatic carbocycles. The van der Waals surface area contributed by atoms with Crippen molar-refractivity contribution in [2.24, 2.45) is 0 Å². The van der Waals surface area contributed by atoms with Crippen LogP contribution in [0.5, 0.6) is 5.75 Å². The minimum atomic E-state index is -2.95. The van der Waals surface area contributed by atoms with E-state index in [2.05, 4.69) is 25.8 Å². The van der Waals surface area contributed by atoms with E-state index in [0.717, 1.165) is 62.5 Å². The van der Waals surface area contributed by atoms with Crippen LogP contribution in [-0.4, -0.2) is 31.3 Å². The van der Waals surface area contributed by atoms with Gasteiger partial charge in [0.1, 0.15) is 12.4 Å². The molecule has 4 rings (SSSR count). The van der Waals surface area contributed by atoms with Gasteiger partial charge < -0.3 is 19.6 Å². The molecule has 1 aliphatic rings. The van der Waals surface area contributed by atoms with Crippen LogP contribution in [0.1, 0.15) is 49.7 Å². The zero-order valence-electron chi connectivity index (χ0n) is 19.8. The molecule has 35 heavy (non-hydrogen) atoms. The molecule has 8 heteroatoms. The summed E-state index contributed by atoms with van der Waals surface area (Å²) < 4.78 is 38.8. The van der Waals surface area contributed by atoms with Crippen LogP contribution in [0.15, 0.2) is 59.4 Å². The number of alkyl halides is 2. The van der Waals surface area contributed by atoms with Crippen LogP contribution < -0.4 is 15.4 Å². The summed E-state index contributed by atoms with van der Waals surface area (Å²) in [6.45, 7) is 1.58. The molecule has 1 unspecified atom stereocenters. The first-order valence-electron chi connectivity index (χ1n) is 12.2. The van der Waals surface area contributed by atoms with Crippen molar-refractivity contribution in [2.45, 2.75) is 49.9 Å². The third-order valence-electron chi connectivity index (χ3n) is 6.74. The number of pyridine rings is 1. The molecule has 1 atom stereocenters. The lowest BCUT2D eigenvalue weighted by Crippen LogP contribution is -2.28. The monoisotopic (exact) mass is 502 g/mol. The summed E-state index contributed by atoms with van der Waals surface area (Å²) in [7, 11) is 2.24. The highest BCUT2D eigenvalue weighted by Gasteiger charge is 2.44. The fourth-order valence-corrected chi connectivity index (χ4v) is 4.78. The molecule has 1 heterocycles. The normalized spacial score (nSPS) is 14.8. The number of ether oxygens (including phenoxy) is 1. The van der Waals surface area contributed by atoms with Gasteiger partial charge >= 0.3 is 0 Å². The summed E-state index contributed by atoms with van der Waals surface area (Å²) >= 11 is 0. The Morgan fingerprint density at radius 1 is 1.00 bits per heavy atom. The summed E-state index contributed by atoms with van der Waals surface area (Å²) in [5.41, 5.74) is 1.92. The number of aromatic amines is 1. The maximum Gasteiger partial charge on any atom is 0.296 e. The number of halogens is 2. The predicted octanol–water partition coefficient (Wildman–Crippen LogP) is 5.69. The van der Waals surface area contributed by atoms with E-state index in [9.17, 15) is 13.6 Å². The van der Waals surface area contributed by atoms with E-state index in [1.165, 1.54) is 17.7 Å². The number of nitrogens with one attached hydrogen (secondary N) is 2. The van der Waals surface area contributed by atoms with E-state index in [-0.39, 0.29) is 16.5 Å². The van der Waals surface area contributed by atoms with E-state index in [4.69, 9.17) is 9.26 Å². The Hall–Kier alpha value is -2.34. The van der Waals surface area contributed by atoms with Gasteiger partial charge in [0.15, 0.2) is 0 Å². The summed E-state index contributed by atoms with van der Waals surface area (Å²) in [6.07, 6.45) is 6.02. The Labute approximate surface area is 206 Å². The Kier molecular flexibility index (Phi) is 8.53. The Balaban J connectivity index is 1.15. The maximum atomic E-state index is 14.1. The van der Waals surface area contributed by atoms with E-state index in [1.54, 1.807) is 24.3 Å². The second kappa shape index (κ2) is 11.6. The lowest BCUT2D eigenvalue weighted by Gasteiger charge is -2.20. The second-order valence-corrected chi connectivity index (χ2v) is 9.57. The first-order valence-corrected chi connectivity index (χ1v) is 12.7. The van der Waals surface area contributed by atoms with Crippen molar-refractivity contribution in [1.29, 1.82) is 0 Å². The summed E-state index contributed by atoms with van der Waals surface area (Å²) in [6, 6.07) is 15.3. The van der Waals surface area contributed by atoms with E-state index in [0.29, 0.717) is 12.4 Å². The average molecular weight is 503 g/mol. The van der Waals surface area contributed by atoms with E-state index >= 15 is 0 Å². The lowest BCUT2D eigenvalue weighted by atomic mass is 9.91. The van der Waals surface area contributed by atoms with Gasteiger partial charge in [-0.2, -0.15) is 8.78 Å². The molecule has 1 fully saturated rings. The minimum Gasteiger partial charge on any atom is -0.478 e. The van der Waals surface area contributed by atoms with Crippen LogP contribution in [0.2, 0.25) is 0 Å². The van der Waals surface area contributed by atoms with Crippen LogP contribution in [0.25, 0.3) is 10.9 Å². The fraction of sp³-hybridized carbons (Fsp3) is 0.444. The largest absolute Gasteiger partial charge is 0.478 e. The molecule has 5 nitrogen and oxygen atoms in total. The average Bonchev–Trinajstić information content (AvgIpc) is 3.65. The van der Waals surface area contributed by atoms with Crippen molar-refractivity contribution in [3.05, 3.63) is 76.1 Å². The Morgan fingerprint density at radius 3 is 2.51 bits per heavy atom. The van der Waals surface area contributed by atoms with Gasteiger partial charge in [-0.15, -0.1) is 0 Å². The topological polar surface area (TPSA) is 63.4 Å². The third-order valence-corrected chi connectivity index (χ3v) is 7.00. The molecular formula is C27H33F2N2O3P. The summed E-state index contributed by atoms with van der Waals surface area (Å²) in [5, 5.41) is 4.62. The molecule has 0 radical (unpaired) electrons. The second-order valence-electron chi connectivity index (χ2n) is 9.33. The van der Waals surface area contributed by atoms with E-state index < -0.39 is 12.5 Å². The molecular weight excluding hydrogens is 469 g/mol.